The van der Waals surface area contributed by atoms with Crippen LogP contribution >= 0.6 is 0 Å². The number of carbonyl (C=O) groups is 1. The minimum absolute atomic E-state index is 0.213. The number of aromatic amines is 1. The van der Waals surface area contributed by atoms with E-state index in [1.165, 1.54) is 0 Å². The summed E-state index contributed by atoms with van der Waals surface area (Å²) in [5, 5.41) is 10.7. The highest BCUT2D eigenvalue weighted by molar-refractivity contribution is 6.03. The van der Waals surface area contributed by atoms with Gasteiger partial charge in [0.15, 0.2) is 5.82 Å². The third-order valence-corrected chi connectivity index (χ3v) is 4.73. The van der Waals surface area contributed by atoms with Gasteiger partial charge in [-0.1, -0.05) is 24.3 Å². The second-order valence-corrected chi connectivity index (χ2v) is 6.53. The fraction of sp³-hybridized carbons (Fsp3) is 0.150. The molecule has 5 rings (SSSR count). The van der Waals surface area contributed by atoms with Gasteiger partial charge in [0.2, 0.25) is 5.95 Å². The van der Waals surface area contributed by atoms with Crippen LogP contribution in [0.3, 0.4) is 0 Å². The van der Waals surface area contributed by atoms with E-state index in [-0.39, 0.29) is 11.9 Å². The Hall–Kier alpha value is -3.61. The standard InChI is InChI=1S/C20H16N6O/c27-19(14-10-13-5-3-7-15(13)21-11-14)24-20-23-18(25-26-20)17-9-8-12-4-1-2-6-16(12)22-17/h1-2,4,6,8-11H,3,5,7H2,(H2,23,24,25,26,27). The predicted octanol–water partition coefficient (Wildman–Crippen LogP) is 3.16. The number of pyridine rings is 2. The van der Waals surface area contributed by atoms with E-state index >= 15 is 0 Å². The molecule has 0 atom stereocenters. The molecular weight excluding hydrogens is 340 g/mol. The largest absolute Gasteiger partial charge is 0.289 e. The van der Waals surface area contributed by atoms with Crippen LogP contribution in [0.4, 0.5) is 5.95 Å². The van der Waals surface area contributed by atoms with E-state index in [0.717, 1.165) is 41.4 Å². The Bertz CT molecular complexity index is 1170. The number of fused-ring (bicyclic) bond motifs is 2. The first kappa shape index (κ1) is 15.6. The van der Waals surface area contributed by atoms with Crippen LogP contribution in [0, 0.1) is 0 Å². The van der Waals surface area contributed by atoms with Gasteiger partial charge in [0.1, 0.15) is 5.69 Å². The Morgan fingerprint density at radius 1 is 1.07 bits per heavy atom. The predicted molar refractivity (Wildman–Crippen MR) is 101 cm³/mol. The average molecular weight is 356 g/mol. The summed E-state index contributed by atoms with van der Waals surface area (Å²) in [6.07, 6.45) is 4.66. The lowest BCUT2D eigenvalue weighted by atomic mass is 10.1. The molecule has 4 aromatic rings. The van der Waals surface area contributed by atoms with Crippen molar-refractivity contribution in [3.63, 3.8) is 0 Å². The molecule has 1 amide bonds. The van der Waals surface area contributed by atoms with Gasteiger partial charge in [-0.3, -0.25) is 20.2 Å². The molecule has 0 unspecified atom stereocenters. The van der Waals surface area contributed by atoms with Crippen LogP contribution in [0.15, 0.2) is 48.7 Å². The molecule has 1 aliphatic rings. The molecule has 0 radical (unpaired) electrons. The van der Waals surface area contributed by atoms with E-state index in [1.54, 1.807) is 6.20 Å². The van der Waals surface area contributed by atoms with Crippen molar-refractivity contribution in [1.82, 2.24) is 25.1 Å². The smallest absolute Gasteiger partial charge is 0.259 e. The number of benzene rings is 1. The maximum atomic E-state index is 12.5. The van der Waals surface area contributed by atoms with E-state index in [1.807, 2.05) is 42.5 Å². The quantitative estimate of drug-likeness (QED) is 0.588. The number of H-pyrrole nitrogens is 1. The zero-order valence-corrected chi connectivity index (χ0v) is 14.4. The van der Waals surface area contributed by atoms with Crippen LogP contribution in [-0.2, 0) is 12.8 Å². The zero-order chi connectivity index (χ0) is 18.2. The second-order valence-electron chi connectivity index (χ2n) is 6.53. The molecule has 3 heterocycles. The summed E-state index contributed by atoms with van der Waals surface area (Å²) in [6, 6.07) is 13.6. The first-order valence-electron chi connectivity index (χ1n) is 8.84. The van der Waals surface area contributed by atoms with Crippen LogP contribution in [0.1, 0.15) is 28.0 Å². The maximum absolute atomic E-state index is 12.5. The molecule has 27 heavy (non-hydrogen) atoms. The first-order chi connectivity index (χ1) is 13.3. The summed E-state index contributed by atoms with van der Waals surface area (Å²) >= 11 is 0. The van der Waals surface area contributed by atoms with E-state index in [9.17, 15) is 4.79 Å². The Balaban J connectivity index is 1.37. The van der Waals surface area contributed by atoms with Gasteiger partial charge in [0, 0.05) is 17.3 Å². The lowest BCUT2D eigenvalue weighted by molar-refractivity contribution is 0.102. The molecule has 7 heteroatoms. The van der Waals surface area contributed by atoms with Gasteiger partial charge in [-0.15, -0.1) is 5.10 Å². The highest BCUT2D eigenvalue weighted by Crippen LogP contribution is 2.21. The Morgan fingerprint density at radius 2 is 2.00 bits per heavy atom. The Morgan fingerprint density at radius 3 is 2.96 bits per heavy atom. The summed E-state index contributed by atoms with van der Waals surface area (Å²) in [5.41, 5.74) is 4.31. The van der Waals surface area contributed by atoms with Crippen molar-refractivity contribution in [2.45, 2.75) is 19.3 Å². The normalized spacial score (nSPS) is 12.9. The second kappa shape index (κ2) is 6.28. The van der Waals surface area contributed by atoms with Crippen LogP contribution in [0.2, 0.25) is 0 Å². The summed E-state index contributed by atoms with van der Waals surface area (Å²) < 4.78 is 0. The minimum Gasteiger partial charge on any atom is -0.289 e. The van der Waals surface area contributed by atoms with Crippen molar-refractivity contribution in [3.8, 4) is 11.5 Å². The van der Waals surface area contributed by atoms with Gasteiger partial charge in [-0.25, -0.2) is 4.98 Å². The molecule has 1 aromatic carbocycles. The van der Waals surface area contributed by atoms with Crippen molar-refractivity contribution in [3.05, 3.63) is 65.5 Å². The van der Waals surface area contributed by atoms with Gasteiger partial charge in [-0.2, -0.15) is 4.98 Å². The minimum atomic E-state index is -0.269. The molecule has 1 aliphatic carbocycles. The topological polar surface area (TPSA) is 96.5 Å². The van der Waals surface area contributed by atoms with Gasteiger partial charge in [0.25, 0.3) is 5.91 Å². The summed E-state index contributed by atoms with van der Waals surface area (Å²) in [5.74, 6) is 0.447. The maximum Gasteiger partial charge on any atom is 0.259 e. The first-order valence-corrected chi connectivity index (χ1v) is 8.84. The Kier molecular flexibility index (Phi) is 3.64. The monoisotopic (exact) mass is 356 g/mol. The molecule has 0 aliphatic heterocycles. The number of amides is 1. The van der Waals surface area contributed by atoms with Gasteiger partial charge < -0.3 is 0 Å². The fourth-order valence-corrected chi connectivity index (χ4v) is 3.35. The molecule has 132 valence electrons. The third kappa shape index (κ3) is 2.93. The Labute approximate surface area is 154 Å². The van der Waals surface area contributed by atoms with Gasteiger partial charge in [-0.05, 0) is 43.0 Å². The lowest BCUT2D eigenvalue weighted by Gasteiger charge is -2.03. The zero-order valence-electron chi connectivity index (χ0n) is 14.4. The van der Waals surface area contributed by atoms with Crippen molar-refractivity contribution in [2.75, 3.05) is 5.32 Å². The van der Waals surface area contributed by atoms with Crippen molar-refractivity contribution in [1.29, 1.82) is 0 Å². The number of nitrogens with zero attached hydrogens (tertiary/aromatic N) is 4. The fourth-order valence-electron chi connectivity index (χ4n) is 3.35. The number of aryl methyl sites for hydroxylation is 2. The van der Waals surface area contributed by atoms with Crippen molar-refractivity contribution >= 4 is 22.8 Å². The molecule has 0 fully saturated rings. The number of rotatable bonds is 3. The summed E-state index contributed by atoms with van der Waals surface area (Å²) in [6.45, 7) is 0. The van der Waals surface area contributed by atoms with Crippen LogP contribution < -0.4 is 5.32 Å². The average Bonchev–Trinajstić information content (AvgIpc) is 3.36. The van der Waals surface area contributed by atoms with E-state index in [0.29, 0.717) is 17.1 Å². The van der Waals surface area contributed by atoms with Crippen molar-refractivity contribution < 1.29 is 4.79 Å². The molecule has 0 saturated heterocycles. The van der Waals surface area contributed by atoms with Gasteiger partial charge in [0.05, 0.1) is 11.1 Å². The van der Waals surface area contributed by atoms with E-state index in [2.05, 4.69) is 30.5 Å². The molecular formula is C20H16N6O. The number of hydrogen-bond acceptors (Lipinski definition) is 5. The SMILES string of the molecule is O=C(Nc1n[nH]c(-c2ccc3ccccc3n2)n1)c1cnc2c(c1)CCC2. The highest BCUT2D eigenvalue weighted by atomic mass is 16.1. The van der Waals surface area contributed by atoms with Gasteiger partial charge >= 0.3 is 0 Å². The molecule has 0 spiro atoms. The number of anilines is 1. The lowest BCUT2D eigenvalue weighted by Crippen LogP contribution is -2.14. The number of hydrogen-bond donors (Lipinski definition) is 2. The summed E-state index contributed by atoms with van der Waals surface area (Å²) in [7, 11) is 0. The molecule has 2 N–H and O–H groups in total. The van der Waals surface area contributed by atoms with Crippen molar-refractivity contribution in [2.24, 2.45) is 0 Å². The van der Waals surface area contributed by atoms with Crippen LogP contribution in [-0.4, -0.2) is 31.1 Å². The molecule has 0 bridgehead atoms. The van der Waals surface area contributed by atoms with Crippen LogP contribution in [0.5, 0.6) is 0 Å². The molecule has 0 saturated carbocycles. The molecule has 7 nitrogen and oxygen atoms in total. The third-order valence-electron chi connectivity index (χ3n) is 4.73. The van der Waals surface area contributed by atoms with Crippen LogP contribution in [0.25, 0.3) is 22.4 Å². The number of para-hydroxylation sites is 1. The number of nitrogens with one attached hydrogen (secondary N) is 2. The number of aromatic nitrogens is 5. The number of carbonyl (C=O) groups excluding carboxylic acids is 1. The molecule has 3 aromatic heterocycles. The summed E-state index contributed by atoms with van der Waals surface area (Å²) in [4.78, 5) is 25.8. The van der Waals surface area contributed by atoms with E-state index in [4.69, 9.17) is 0 Å². The van der Waals surface area contributed by atoms with E-state index < -0.39 is 0 Å². The highest BCUT2D eigenvalue weighted by Gasteiger charge is 2.17.